The minimum atomic E-state index is -4.44. The number of fused-ring (bicyclic) bond motifs is 2. The Labute approximate surface area is 209 Å². The maximum Gasteiger partial charge on any atom is 0.416 e. The summed E-state index contributed by atoms with van der Waals surface area (Å²) in [6.45, 7) is 7.56. The second-order valence-corrected chi connectivity index (χ2v) is 12.0. The summed E-state index contributed by atoms with van der Waals surface area (Å²) in [5, 5.41) is 9.45. The molecule has 1 N–H and O–H groups in total. The number of nitrogens with zero attached hydrogens (tertiary/aromatic N) is 2. The van der Waals surface area contributed by atoms with Crippen molar-refractivity contribution in [2.75, 3.05) is 13.1 Å². The molecule has 2 unspecified atom stereocenters. The summed E-state index contributed by atoms with van der Waals surface area (Å²) in [6, 6.07) is 3.80. The van der Waals surface area contributed by atoms with E-state index in [2.05, 4.69) is 4.90 Å². The highest BCUT2D eigenvalue weighted by atomic mass is 19.4. The van der Waals surface area contributed by atoms with Gasteiger partial charge in [0.1, 0.15) is 5.75 Å². The summed E-state index contributed by atoms with van der Waals surface area (Å²) in [5.41, 5.74) is -1.60. The molecule has 3 fully saturated rings. The van der Waals surface area contributed by atoms with E-state index in [1.54, 1.807) is 18.7 Å². The van der Waals surface area contributed by atoms with Gasteiger partial charge in [-0.2, -0.15) is 13.2 Å². The molecule has 198 valence electrons. The molecule has 1 aromatic rings. The molecule has 9 heteroatoms. The van der Waals surface area contributed by atoms with Crippen LogP contribution < -0.4 is 4.74 Å². The molecule has 3 heterocycles. The molecule has 1 saturated carbocycles. The second kappa shape index (κ2) is 8.64. The van der Waals surface area contributed by atoms with E-state index in [1.165, 1.54) is 6.07 Å². The Morgan fingerprint density at radius 3 is 2.53 bits per heavy atom. The van der Waals surface area contributed by atoms with Crippen molar-refractivity contribution in [3.63, 3.8) is 0 Å². The number of hydrogen-bond acceptors (Lipinski definition) is 4. The number of hydrogen-bond donors (Lipinski definition) is 1. The zero-order valence-electron chi connectivity index (χ0n) is 21.1. The predicted molar refractivity (Wildman–Crippen MR) is 126 cm³/mol. The van der Waals surface area contributed by atoms with E-state index in [0.717, 1.165) is 57.3 Å². The molecule has 4 atom stereocenters. The van der Waals surface area contributed by atoms with E-state index < -0.39 is 34.8 Å². The number of amides is 1. The van der Waals surface area contributed by atoms with E-state index in [1.807, 2.05) is 6.92 Å². The molecule has 6 nitrogen and oxygen atoms in total. The first kappa shape index (κ1) is 25.4. The standard InChI is InChI=1S/C27H35F3N2O4/c1-16-22-32(15-18-12-19(27(28,29)30)4-5-21(18)36-22)23(33)26(16)9-6-20(14-26)31-10-7-17(8-11-31)13-25(2,3)24(34)35/h4-5,12,16-17,20,22H,6-11,13-15H2,1-3H3,(H,34,35)/t16?,20-,22?,26+/m1/s1. The number of carboxylic acids is 1. The Morgan fingerprint density at radius 1 is 1.19 bits per heavy atom. The summed E-state index contributed by atoms with van der Waals surface area (Å²) in [5.74, 6) is 0.00828. The maximum absolute atomic E-state index is 13.7. The summed E-state index contributed by atoms with van der Waals surface area (Å²) in [4.78, 5) is 29.3. The van der Waals surface area contributed by atoms with Crippen LogP contribution in [0.2, 0.25) is 0 Å². The zero-order valence-corrected chi connectivity index (χ0v) is 21.1. The minimum Gasteiger partial charge on any atom is -0.481 e. The lowest BCUT2D eigenvalue weighted by molar-refractivity contribution is -0.148. The van der Waals surface area contributed by atoms with E-state index in [4.69, 9.17) is 4.74 Å². The third-order valence-electron chi connectivity index (χ3n) is 9.34. The highest BCUT2D eigenvalue weighted by molar-refractivity contribution is 5.86. The van der Waals surface area contributed by atoms with Gasteiger partial charge in [-0.05, 0) is 89.6 Å². The fraction of sp³-hybridized carbons (Fsp3) is 0.704. The van der Waals surface area contributed by atoms with Gasteiger partial charge in [0, 0.05) is 17.5 Å². The van der Waals surface area contributed by atoms with E-state index in [-0.39, 0.29) is 24.4 Å². The van der Waals surface area contributed by atoms with Gasteiger partial charge in [-0.1, -0.05) is 6.92 Å². The number of likely N-dealkylation sites (tertiary alicyclic amines) is 1. The van der Waals surface area contributed by atoms with Gasteiger partial charge >= 0.3 is 12.1 Å². The molecule has 1 aromatic carbocycles. The number of halogens is 3. The molecule has 0 bridgehead atoms. The summed E-state index contributed by atoms with van der Waals surface area (Å²) < 4.78 is 45.8. The van der Waals surface area contributed by atoms with Crippen molar-refractivity contribution in [2.45, 2.75) is 84.3 Å². The number of carbonyl (C=O) groups is 2. The smallest absolute Gasteiger partial charge is 0.416 e. The molecular formula is C27H35F3N2O4. The highest BCUT2D eigenvalue weighted by Gasteiger charge is 2.62. The first-order valence-corrected chi connectivity index (χ1v) is 13.0. The maximum atomic E-state index is 13.7. The number of aliphatic carboxylic acids is 1. The molecule has 36 heavy (non-hydrogen) atoms. The quantitative estimate of drug-likeness (QED) is 0.609. The Kier molecular flexibility index (Phi) is 6.09. The van der Waals surface area contributed by atoms with Crippen LogP contribution in [0.15, 0.2) is 18.2 Å². The van der Waals surface area contributed by atoms with Gasteiger partial charge in [-0.25, -0.2) is 0 Å². The average molecular weight is 509 g/mol. The SMILES string of the molecule is CC1C2Oc3ccc(C(F)(F)F)cc3CN2C(=O)[C@]12CC[C@@H](N1CCC(CC(C)(C)C(=O)O)CC1)C2. The predicted octanol–water partition coefficient (Wildman–Crippen LogP) is 5.15. The Hall–Kier alpha value is -2.29. The van der Waals surface area contributed by atoms with Crippen molar-refractivity contribution in [3.05, 3.63) is 29.3 Å². The van der Waals surface area contributed by atoms with Gasteiger partial charge in [0.25, 0.3) is 0 Å². The van der Waals surface area contributed by atoms with E-state index >= 15 is 0 Å². The number of benzene rings is 1. The van der Waals surface area contributed by atoms with Crippen LogP contribution in [0.5, 0.6) is 5.75 Å². The number of carbonyl (C=O) groups excluding carboxylic acids is 1. The molecule has 0 aromatic heterocycles. The van der Waals surface area contributed by atoms with Crippen LogP contribution in [-0.4, -0.2) is 52.1 Å². The lowest BCUT2D eigenvalue weighted by atomic mass is 9.76. The molecular weight excluding hydrogens is 473 g/mol. The monoisotopic (exact) mass is 508 g/mol. The summed E-state index contributed by atoms with van der Waals surface area (Å²) >= 11 is 0. The molecule has 1 amide bonds. The fourth-order valence-corrected chi connectivity index (χ4v) is 7.07. The van der Waals surface area contributed by atoms with Crippen LogP contribution in [0.4, 0.5) is 13.2 Å². The summed E-state index contributed by atoms with van der Waals surface area (Å²) in [7, 11) is 0. The number of rotatable bonds is 4. The van der Waals surface area contributed by atoms with Crippen molar-refractivity contribution in [1.82, 2.24) is 9.80 Å². The Morgan fingerprint density at radius 2 is 1.89 bits per heavy atom. The van der Waals surface area contributed by atoms with Gasteiger partial charge in [0.15, 0.2) is 6.23 Å². The first-order chi connectivity index (χ1) is 16.8. The van der Waals surface area contributed by atoms with Gasteiger partial charge in [0.05, 0.1) is 22.9 Å². The fourth-order valence-electron chi connectivity index (χ4n) is 7.07. The minimum absolute atomic E-state index is 0.00338. The Bertz CT molecular complexity index is 1050. The number of alkyl halides is 3. The highest BCUT2D eigenvalue weighted by Crippen LogP contribution is 2.55. The van der Waals surface area contributed by atoms with Crippen LogP contribution in [0.3, 0.4) is 0 Å². The largest absolute Gasteiger partial charge is 0.481 e. The Balaban J connectivity index is 1.25. The van der Waals surface area contributed by atoms with Gasteiger partial charge in [0.2, 0.25) is 5.91 Å². The molecule has 1 spiro atoms. The van der Waals surface area contributed by atoms with Crippen molar-refractivity contribution in [1.29, 1.82) is 0 Å². The lowest BCUT2D eigenvalue weighted by Crippen LogP contribution is -2.43. The lowest BCUT2D eigenvalue weighted by Gasteiger charge is -2.38. The van der Waals surface area contributed by atoms with Crippen molar-refractivity contribution >= 4 is 11.9 Å². The topological polar surface area (TPSA) is 70.1 Å². The van der Waals surface area contributed by atoms with E-state index in [0.29, 0.717) is 23.7 Å². The van der Waals surface area contributed by atoms with Crippen LogP contribution in [0.1, 0.15) is 70.4 Å². The number of carboxylic acid groups (broad SMARTS) is 1. The first-order valence-electron chi connectivity index (χ1n) is 13.0. The van der Waals surface area contributed by atoms with E-state index in [9.17, 15) is 27.9 Å². The normalized spacial score (nSPS) is 31.4. The molecule has 2 saturated heterocycles. The molecule has 4 aliphatic rings. The van der Waals surface area contributed by atoms with Crippen molar-refractivity contribution in [3.8, 4) is 5.75 Å². The number of ether oxygens (including phenoxy) is 1. The molecule has 3 aliphatic heterocycles. The zero-order chi connectivity index (χ0) is 26.0. The molecule has 1 aliphatic carbocycles. The van der Waals surface area contributed by atoms with Gasteiger partial charge in [-0.3, -0.25) is 9.59 Å². The van der Waals surface area contributed by atoms with Gasteiger partial charge in [-0.15, -0.1) is 0 Å². The third kappa shape index (κ3) is 4.17. The molecule has 5 rings (SSSR count). The molecule has 0 radical (unpaired) electrons. The van der Waals surface area contributed by atoms with Crippen LogP contribution in [0, 0.1) is 22.7 Å². The number of piperidine rings is 1. The van der Waals surface area contributed by atoms with Crippen molar-refractivity contribution in [2.24, 2.45) is 22.7 Å². The van der Waals surface area contributed by atoms with Crippen LogP contribution in [-0.2, 0) is 22.3 Å². The third-order valence-corrected chi connectivity index (χ3v) is 9.34. The van der Waals surface area contributed by atoms with Crippen LogP contribution >= 0.6 is 0 Å². The van der Waals surface area contributed by atoms with Crippen LogP contribution in [0.25, 0.3) is 0 Å². The summed E-state index contributed by atoms with van der Waals surface area (Å²) in [6.07, 6.45) is 0.0901. The van der Waals surface area contributed by atoms with Crippen molar-refractivity contribution < 1.29 is 32.6 Å². The second-order valence-electron chi connectivity index (χ2n) is 12.0. The average Bonchev–Trinajstić information content (AvgIpc) is 3.35. The van der Waals surface area contributed by atoms with Gasteiger partial charge < -0.3 is 19.6 Å².